The molecule has 1 aliphatic carbocycles. The van der Waals surface area contributed by atoms with Crippen LogP contribution in [0.3, 0.4) is 0 Å². The Labute approximate surface area is 130 Å². The minimum absolute atomic E-state index is 0.145. The maximum atomic E-state index is 10.4. The largest absolute Gasteiger partial charge is 0.386 e. The minimum Gasteiger partial charge on any atom is -0.386 e. The number of allylic oxidation sites excluding steroid dienone is 1. The predicted molar refractivity (Wildman–Crippen MR) is 82.1 cm³/mol. The summed E-state index contributed by atoms with van der Waals surface area (Å²) in [7, 11) is 0. The van der Waals surface area contributed by atoms with Gasteiger partial charge in [0.2, 0.25) is 0 Å². The van der Waals surface area contributed by atoms with Crippen LogP contribution in [0, 0.1) is 5.92 Å². The van der Waals surface area contributed by atoms with E-state index in [2.05, 4.69) is 19.9 Å². The lowest BCUT2D eigenvalue weighted by Crippen LogP contribution is -2.55. The van der Waals surface area contributed by atoms with Gasteiger partial charge in [0.15, 0.2) is 6.29 Å². The molecule has 0 saturated carbocycles. The number of ether oxygens (including phenoxy) is 2. The number of halogens is 1. The summed E-state index contributed by atoms with van der Waals surface area (Å²) < 4.78 is 12.2. The van der Waals surface area contributed by atoms with Crippen molar-refractivity contribution in [2.45, 2.75) is 51.3 Å². The summed E-state index contributed by atoms with van der Waals surface area (Å²) in [5, 5.41) is 11.1. The number of rotatable bonds is 1. The molecule has 4 heteroatoms. The van der Waals surface area contributed by atoms with E-state index in [4.69, 9.17) is 21.1 Å². The van der Waals surface area contributed by atoms with Crippen LogP contribution in [0.5, 0.6) is 0 Å². The normalized spacial score (nSPS) is 35.0. The summed E-state index contributed by atoms with van der Waals surface area (Å²) >= 11 is 6.05. The van der Waals surface area contributed by atoms with E-state index in [1.165, 1.54) is 0 Å². The van der Waals surface area contributed by atoms with Gasteiger partial charge in [-0.05, 0) is 44.9 Å². The van der Waals surface area contributed by atoms with E-state index in [1.54, 1.807) is 0 Å². The third-order valence-electron chi connectivity index (χ3n) is 4.57. The van der Waals surface area contributed by atoms with E-state index in [0.717, 1.165) is 17.6 Å². The molecule has 4 atom stereocenters. The summed E-state index contributed by atoms with van der Waals surface area (Å²) in [5.41, 5.74) is 1.49. The Kier molecular flexibility index (Phi) is 3.87. The molecule has 1 N–H and O–H groups in total. The van der Waals surface area contributed by atoms with Crippen LogP contribution in [-0.4, -0.2) is 22.9 Å². The van der Waals surface area contributed by atoms with Crippen molar-refractivity contribution in [1.82, 2.24) is 0 Å². The fraction of sp³-hybridized carbons (Fsp3) is 0.529. The van der Waals surface area contributed by atoms with Crippen LogP contribution in [0.1, 0.15) is 39.0 Å². The van der Waals surface area contributed by atoms with Gasteiger partial charge >= 0.3 is 0 Å². The molecular weight excluding hydrogens is 288 g/mol. The second-order valence-electron chi connectivity index (χ2n) is 6.44. The maximum absolute atomic E-state index is 10.4. The minimum atomic E-state index is -0.575. The first kappa shape index (κ1) is 15.0. The molecule has 1 fully saturated rings. The van der Waals surface area contributed by atoms with E-state index in [9.17, 15) is 5.11 Å². The Balaban J connectivity index is 1.92. The molecular formula is C17H21ClO3. The van der Waals surface area contributed by atoms with Crippen LogP contribution in [0.2, 0.25) is 5.02 Å². The molecule has 114 valence electrons. The Morgan fingerprint density at radius 1 is 1.33 bits per heavy atom. The van der Waals surface area contributed by atoms with E-state index in [-0.39, 0.29) is 17.6 Å². The van der Waals surface area contributed by atoms with Gasteiger partial charge in [0.25, 0.3) is 0 Å². The second kappa shape index (κ2) is 5.40. The molecule has 0 amide bonds. The Morgan fingerprint density at radius 2 is 2.10 bits per heavy atom. The van der Waals surface area contributed by atoms with Crippen molar-refractivity contribution in [3.8, 4) is 0 Å². The Bertz CT molecular complexity index is 567. The van der Waals surface area contributed by atoms with Crippen LogP contribution >= 0.6 is 11.6 Å². The lowest BCUT2D eigenvalue weighted by Gasteiger charge is -2.50. The first-order valence-corrected chi connectivity index (χ1v) is 7.70. The summed E-state index contributed by atoms with van der Waals surface area (Å²) in [4.78, 5) is 0. The van der Waals surface area contributed by atoms with Gasteiger partial charge in [-0.15, -0.1) is 0 Å². The zero-order valence-electron chi connectivity index (χ0n) is 12.5. The zero-order chi connectivity index (χ0) is 15.2. The van der Waals surface area contributed by atoms with Crippen molar-refractivity contribution in [3.05, 3.63) is 46.5 Å². The highest BCUT2D eigenvalue weighted by molar-refractivity contribution is 6.30. The fourth-order valence-electron chi connectivity index (χ4n) is 3.23. The number of benzene rings is 1. The van der Waals surface area contributed by atoms with Crippen molar-refractivity contribution in [2.75, 3.05) is 0 Å². The van der Waals surface area contributed by atoms with Gasteiger partial charge < -0.3 is 14.6 Å². The average Bonchev–Trinajstić information content (AvgIpc) is 2.42. The summed E-state index contributed by atoms with van der Waals surface area (Å²) in [6.07, 6.45) is 1.62. The van der Waals surface area contributed by atoms with Crippen LogP contribution in [-0.2, 0) is 9.47 Å². The summed E-state index contributed by atoms with van der Waals surface area (Å²) in [6, 6.07) is 7.49. The highest BCUT2D eigenvalue weighted by atomic mass is 35.5. The molecule has 2 aliphatic rings. The Morgan fingerprint density at radius 3 is 2.81 bits per heavy atom. The highest BCUT2D eigenvalue weighted by Gasteiger charge is 2.49. The first-order chi connectivity index (χ1) is 9.88. The molecule has 0 spiro atoms. The predicted octanol–water partition coefficient (Wildman–Crippen LogP) is 3.86. The molecule has 1 saturated heterocycles. The maximum Gasteiger partial charge on any atom is 0.184 e. The quantitative estimate of drug-likeness (QED) is 0.801. The molecule has 0 aromatic heterocycles. The van der Waals surface area contributed by atoms with Gasteiger partial charge in [0.1, 0.15) is 6.10 Å². The van der Waals surface area contributed by atoms with Crippen LogP contribution in [0.25, 0.3) is 0 Å². The third kappa shape index (κ3) is 2.76. The molecule has 0 bridgehead atoms. The van der Waals surface area contributed by atoms with Gasteiger partial charge in [-0.3, -0.25) is 0 Å². The lowest BCUT2D eigenvalue weighted by atomic mass is 9.75. The highest BCUT2D eigenvalue weighted by Crippen LogP contribution is 2.45. The molecule has 21 heavy (non-hydrogen) atoms. The van der Waals surface area contributed by atoms with E-state index in [0.29, 0.717) is 5.02 Å². The fourth-order valence-corrected chi connectivity index (χ4v) is 3.43. The molecule has 1 aromatic rings. The van der Waals surface area contributed by atoms with Crippen LogP contribution < -0.4 is 0 Å². The van der Waals surface area contributed by atoms with Gasteiger partial charge in [-0.2, -0.15) is 0 Å². The molecule has 1 heterocycles. The van der Waals surface area contributed by atoms with Crippen molar-refractivity contribution in [2.24, 2.45) is 5.92 Å². The zero-order valence-corrected chi connectivity index (χ0v) is 13.3. The third-order valence-corrected chi connectivity index (χ3v) is 4.81. The number of aliphatic hydroxyl groups excluding tert-OH is 1. The van der Waals surface area contributed by atoms with Gasteiger partial charge in [0, 0.05) is 16.5 Å². The molecule has 0 unspecified atom stereocenters. The monoisotopic (exact) mass is 308 g/mol. The first-order valence-electron chi connectivity index (χ1n) is 7.32. The van der Waals surface area contributed by atoms with Crippen molar-refractivity contribution in [3.63, 3.8) is 0 Å². The Hall–Kier alpha value is -0.870. The number of hydrogen-bond acceptors (Lipinski definition) is 3. The topological polar surface area (TPSA) is 38.7 Å². The van der Waals surface area contributed by atoms with Gasteiger partial charge in [0.05, 0.1) is 11.7 Å². The summed E-state index contributed by atoms with van der Waals surface area (Å²) in [6.45, 7) is 6.07. The summed E-state index contributed by atoms with van der Waals surface area (Å²) in [5.74, 6) is 0.145. The van der Waals surface area contributed by atoms with E-state index >= 15 is 0 Å². The molecule has 3 rings (SSSR count). The van der Waals surface area contributed by atoms with E-state index in [1.807, 2.05) is 31.2 Å². The smallest absolute Gasteiger partial charge is 0.184 e. The SMILES string of the molecule is CC1=CC[C@@H]2[C@@H](O[C@H](c3cccc(Cl)c3)OC2(C)C)[C@@H]1O. The lowest BCUT2D eigenvalue weighted by molar-refractivity contribution is -0.318. The van der Waals surface area contributed by atoms with E-state index < -0.39 is 12.4 Å². The molecule has 3 nitrogen and oxygen atoms in total. The van der Waals surface area contributed by atoms with Gasteiger partial charge in [-0.1, -0.05) is 29.8 Å². The van der Waals surface area contributed by atoms with Gasteiger partial charge in [-0.25, -0.2) is 0 Å². The molecule has 1 aromatic carbocycles. The number of hydrogen-bond donors (Lipinski definition) is 1. The van der Waals surface area contributed by atoms with Crippen molar-refractivity contribution >= 4 is 11.6 Å². The van der Waals surface area contributed by atoms with Crippen molar-refractivity contribution in [1.29, 1.82) is 0 Å². The van der Waals surface area contributed by atoms with Crippen LogP contribution in [0.15, 0.2) is 35.9 Å². The standard InChI is InChI=1S/C17H21ClO3/c1-10-7-8-13-15(14(10)19)20-16(21-17(13,2)3)11-5-4-6-12(18)9-11/h4-7,9,13-16,19H,8H2,1-3H3/t13-,14-,15-,16+/m1/s1. The average molecular weight is 309 g/mol. The van der Waals surface area contributed by atoms with Crippen molar-refractivity contribution < 1.29 is 14.6 Å². The second-order valence-corrected chi connectivity index (χ2v) is 6.88. The number of fused-ring (bicyclic) bond motifs is 1. The van der Waals surface area contributed by atoms with Crippen LogP contribution in [0.4, 0.5) is 0 Å². The number of aliphatic hydroxyl groups is 1. The molecule has 0 radical (unpaired) electrons. The molecule has 1 aliphatic heterocycles.